The van der Waals surface area contributed by atoms with E-state index in [1.165, 1.54) is 11.3 Å². The average Bonchev–Trinajstić information content (AvgIpc) is 3.18. The SMILES string of the molecule is Cc1ccc(N2CCN(c3cc(C)nc4c(-c5ccc(Cl)cc5)cnn34)CC2)cc1. The molecule has 0 N–H and O–H groups in total. The molecule has 2 aromatic carbocycles. The van der Waals surface area contributed by atoms with E-state index < -0.39 is 0 Å². The second-order valence-electron chi connectivity index (χ2n) is 7.87. The Bertz CT molecular complexity index is 1170. The highest BCUT2D eigenvalue weighted by Gasteiger charge is 2.21. The van der Waals surface area contributed by atoms with E-state index in [4.69, 9.17) is 16.6 Å². The second-order valence-corrected chi connectivity index (χ2v) is 8.30. The van der Waals surface area contributed by atoms with Crippen molar-refractivity contribution in [3.63, 3.8) is 0 Å². The van der Waals surface area contributed by atoms with Crippen LogP contribution in [0.2, 0.25) is 5.02 Å². The first-order valence-corrected chi connectivity index (χ1v) is 10.6. The molecule has 0 aliphatic carbocycles. The van der Waals surface area contributed by atoms with Crippen LogP contribution in [0.5, 0.6) is 0 Å². The Morgan fingerprint density at radius 2 is 1.50 bits per heavy atom. The fourth-order valence-corrected chi connectivity index (χ4v) is 4.20. The zero-order valence-corrected chi connectivity index (χ0v) is 18.0. The molecule has 0 atom stereocenters. The zero-order valence-electron chi connectivity index (χ0n) is 17.2. The van der Waals surface area contributed by atoms with Crippen LogP contribution in [0.25, 0.3) is 16.8 Å². The van der Waals surface area contributed by atoms with E-state index in [1.54, 1.807) is 0 Å². The quantitative estimate of drug-likeness (QED) is 0.470. The third-order valence-corrected chi connectivity index (χ3v) is 5.99. The van der Waals surface area contributed by atoms with Gasteiger partial charge in [0.15, 0.2) is 5.65 Å². The van der Waals surface area contributed by atoms with Crippen molar-refractivity contribution in [2.24, 2.45) is 0 Å². The van der Waals surface area contributed by atoms with Crippen molar-refractivity contribution in [1.29, 1.82) is 0 Å². The van der Waals surface area contributed by atoms with Gasteiger partial charge in [-0.25, -0.2) is 4.98 Å². The van der Waals surface area contributed by atoms with Gasteiger partial charge in [0.2, 0.25) is 0 Å². The van der Waals surface area contributed by atoms with Crippen LogP contribution in [-0.4, -0.2) is 40.8 Å². The molecule has 30 heavy (non-hydrogen) atoms. The molecule has 1 aliphatic heterocycles. The Labute approximate surface area is 181 Å². The third-order valence-electron chi connectivity index (χ3n) is 5.74. The normalized spacial score (nSPS) is 14.5. The molecular formula is C24H24ClN5. The van der Waals surface area contributed by atoms with Gasteiger partial charge < -0.3 is 9.80 Å². The van der Waals surface area contributed by atoms with Gasteiger partial charge in [0.25, 0.3) is 0 Å². The lowest BCUT2D eigenvalue weighted by molar-refractivity contribution is 0.638. The first-order valence-electron chi connectivity index (χ1n) is 10.3. The maximum absolute atomic E-state index is 6.06. The monoisotopic (exact) mass is 417 g/mol. The molecule has 5 rings (SSSR count). The lowest BCUT2D eigenvalue weighted by Crippen LogP contribution is -2.47. The van der Waals surface area contributed by atoms with Crippen LogP contribution in [0, 0.1) is 13.8 Å². The Hall–Kier alpha value is -3.05. The van der Waals surface area contributed by atoms with Gasteiger partial charge in [-0.15, -0.1) is 0 Å². The van der Waals surface area contributed by atoms with E-state index in [2.05, 4.69) is 52.2 Å². The van der Waals surface area contributed by atoms with Gasteiger partial charge in [-0.1, -0.05) is 41.4 Å². The number of rotatable bonds is 3. The number of aryl methyl sites for hydroxylation is 2. The first-order chi connectivity index (χ1) is 14.6. The minimum atomic E-state index is 0.728. The molecule has 6 heteroatoms. The summed E-state index contributed by atoms with van der Waals surface area (Å²) in [6.07, 6.45) is 1.90. The average molecular weight is 418 g/mol. The Kier molecular flexibility index (Phi) is 4.83. The number of nitrogens with zero attached hydrogens (tertiary/aromatic N) is 5. The number of piperazine rings is 1. The predicted octanol–water partition coefficient (Wildman–Crippen LogP) is 4.99. The highest BCUT2D eigenvalue weighted by molar-refractivity contribution is 6.30. The van der Waals surface area contributed by atoms with Crippen molar-refractivity contribution in [2.75, 3.05) is 36.0 Å². The molecule has 5 nitrogen and oxygen atoms in total. The molecule has 0 amide bonds. The number of benzene rings is 2. The van der Waals surface area contributed by atoms with Crippen LogP contribution in [0.3, 0.4) is 0 Å². The van der Waals surface area contributed by atoms with Gasteiger partial charge in [-0.2, -0.15) is 9.61 Å². The van der Waals surface area contributed by atoms with Crippen LogP contribution in [0.15, 0.2) is 60.8 Å². The second kappa shape index (κ2) is 7.65. The van der Waals surface area contributed by atoms with Crippen molar-refractivity contribution in [3.8, 4) is 11.1 Å². The van der Waals surface area contributed by atoms with E-state index in [0.29, 0.717) is 0 Å². The number of fused-ring (bicyclic) bond motifs is 1. The summed E-state index contributed by atoms with van der Waals surface area (Å²) >= 11 is 6.06. The summed E-state index contributed by atoms with van der Waals surface area (Å²) in [6, 6.07) is 18.8. The van der Waals surface area contributed by atoms with Crippen LogP contribution < -0.4 is 9.80 Å². The summed E-state index contributed by atoms with van der Waals surface area (Å²) in [7, 11) is 0. The van der Waals surface area contributed by atoms with Crippen LogP contribution in [0.4, 0.5) is 11.5 Å². The topological polar surface area (TPSA) is 36.7 Å². The molecule has 1 aliphatic rings. The molecule has 1 fully saturated rings. The molecule has 152 valence electrons. The Balaban J connectivity index is 1.44. The smallest absolute Gasteiger partial charge is 0.165 e. The molecule has 2 aromatic heterocycles. The first kappa shape index (κ1) is 18.9. The minimum absolute atomic E-state index is 0.728. The van der Waals surface area contributed by atoms with Crippen molar-refractivity contribution in [1.82, 2.24) is 14.6 Å². The van der Waals surface area contributed by atoms with E-state index in [-0.39, 0.29) is 0 Å². The summed E-state index contributed by atoms with van der Waals surface area (Å²) in [5.41, 5.74) is 6.56. The van der Waals surface area contributed by atoms with Crippen molar-refractivity contribution >= 4 is 28.8 Å². The molecule has 0 unspecified atom stereocenters. The number of halogens is 1. The maximum atomic E-state index is 6.06. The van der Waals surface area contributed by atoms with Gasteiger partial charge in [0.05, 0.1) is 6.20 Å². The molecule has 0 bridgehead atoms. The summed E-state index contributed by atoms with van der Waals surface area (Å²) in [5, 5.41) is 5.41. The molecule has 0 spiro atoms. The van der Waals surface area contributed by atoms with Gasteiger partial charge >= 0.3 is 0 Å². The third kappa shape index (κ3) is 3.50. The van der Waals surface area contributed by atoms with E-state index in [0.717, 1.165) is 59.5 Å². The molecule has 0 radical (unpaired) electrons. The summed E-state index contributed by atoms with van der Waals surface area (Å²) in [5.74, 6) is 1.10. The number of aromatic nitrogens is 3. The number of hydrogen-bond donors (Lipinski definition) is 0. The van der Waals surface area contributed by atoms with Gasteiger partial charge in [-0.05, 0) is 43.7 Å². The highest BCUT2D eigenvalue weighted by atomic mass is 35.5. The van der Waals surface area contributed by atoms with Gasteiger partial charge in [0, 0.05) is 54.2 Å². The van der Waals surface area contributed by atoms with E-state index >= 15 is 0 Å². The largest absolute Gasteiger partial charge is 0.368 e. The minimum Gasteiger partial charge on any atom is -0.368 e. The number of anilines is 2. The van der Waals surface area contributed by atoms with Gasteiger partial charge in [-0.3, -0.25) is 0 Å². The molecule has 4 aromatic rings. The fourth-order valence-electron chi connectivity index (χ4n) is 4.07. The van der Waals surface area contributed by atoms with Crippen molar-refractivity contribution in [2.45, 2.75) is 13.8 Å². The fraction of sp³-hybridized carbons (Fsp3) is 0.250. The summed E-state index contributed by atoms with van der Waals surface area (Å²) in [6.45, 7) is 8.03. The van der Waals surface area contributed by atoms with Crippen LogP contribution >= 0.6 is 11.6 Å². The van der Waals surface area contributed by atoms with Crippen LogP contribution in [0.1, 0.15) is 11.3 Å². The van der Waals surface area contributed by atoms with Crippen molar-refractivity contribution < 1.29 is 0 Å². The van der Waals surface area contributed by atoms with Crippen LogP contribution in [-0.2, 0) is 0 Å². The maximum Gasteiger partial charge on any atom is 0.165 e. The predicted molar refractivity (Wildman–Crippen MR) is 124 cm³/mol. The zero-order chi connectivity index (χ0) is 20.7. The number of hydrogen-bond acceptors (Lipinski definition) is 4. The standard InChI is InChI=1S/C24H24ClN5/c1-17-3-9-21(10-4-17)28-11-13-29(14-12-28)23-15-18(2)27-24-22(16-26-30(23)24)19-5-7-20(25)8-6-19/h3-10,15-16H,11-14H2,1-2H3. The molecule has 3 heterocycles. The molecule has 0 saturated carbocycles. The Morgan fingerprint density at radius 1 is 0.833 bits per heavy atom. The van der Waals surface area contributed by atoms with E-state index in [1.807, 2.05) is 41.9 Å². The lowest BCUT2D eigenvalue weighted by Gasteiger charge is -2.37. The Morgan fingerprint density at radius 3 is 2.20 bits per heavy atom. The summed E-state index contributed by atoms with van der Waals surface area (Å²) in [4.78, 5) is 9.65. The molecule has 1 saturated heterocycles. The van der Waals surface area contributed by atoms with E-state index in [9.17, 15) is 0 Å². The highest BCUT2D eigenvalue weighted by Crippen LogP contribution is 2.29. The van der Waals surface area contributed by atoms with Crippen molar-refractivity contribution in [3.05, 3.63) is 77.1 Å². The molecular weight excluding hydrogens is 394 g/mol. The summed E-state index contributed by atoms with van der Waals surface area (Å²) < 4.78 is 1.97. The lowest BCUT2D eigenvalue weighted by atomic mass is 10.1. The van der Waals surface area contributed by atoms with Gasteiger partial charge in [0.1, 0.15) is 5.82 Å².